The van der Waals surface area contributed by atoms with Crippen LogP contribution in [0.4, 0.5) is 11.5 Å². The zero-order valence-corrected chi connectivity index (χ0v) is 21.9. The van der Waals surface area contributed by atoms with Crippen molar-refractivity contribution in [2.75, 3.05) is 5.32 Å². The monoisotopic (exact) mass is 503 g/mol. The van der Waals surface area contributed by atoms with Gasteiger partial charge in [-0.3, -0.25) is 9.20 Å². The molecule has 0 aliphatic heterocycles. The summed E-state index contributed by atoms with van der Waals surface area (Å²) in [5.74, 6) is 0.746. The van der Waals surface area contributed by atoms with E-state index in [9.17, 15) is 4.79 Å². The first kappa shape index (κ1) is 24.2. The number of imidazole rings is 1. The van der Waals surface area contributed by atoms with Gasteiger partial charge in [-0.05, 0) is 79.6 Å². The summed E-state index contributed by atoms with van der Waals surface area (Å²) in [6.45, 7) is 4.20. The standard InChI is InChI=1S/C32H33N5O/c1-20-7-5-8-21(2)28(20)35-31-29(24-13-12-22-9-3-4-10-23(22)19-24)36-30-27(11-6-18-37(30)31)32(38)34-26-16-14-25(33)15-17-26/h3-13,18-19,25-26,35H,14-17,33H2,1-2H3,(H,34,38). The summed E-state index contributed by atoms with van der Waals surface area (Å²) < 4.78 is 2.00. The fourth-order valence-electron chi connectivity index (χ4n) is 5.56. The number of hydrogen-bond donors (Lipinski definition) is 3. The highest BCUT2D eigenvalue weighted by molar-refractivity contribution is 6.01. The molecule has 1 saturated carbocycles. The molecule has 6 nitrogen and oxygen atoms in total. The molecule has 0 saturated heterocycles. The van der Waals surface area contributed by atoms with Gasteiger partial charge in [0.15, 0.2) is 5.65 Å². The highest BCUT2D eigenvalue weighted by Gasteiger charge is 2.24. The number of carbonyl (C=O) groups excluding carboxylic acids is 1. The molecule has 0 radical (unpaired) electrons. The molecule has 6 rings (SSSR count). The maximum absolute atomic E-state index is 13.5. The van der Waals surface area contributed by atoms with Crippen molar-refractivity contribution in [3.8, 4) is 11.3 Å². The molecule has 0 atom stereocenters. The van der Waals surface area contributed by atoms with Crippen LogP contribution in [0.15, 0.2) is 79.0 Å². The first-order valence-corrected chi connectivity index (χ1v) is 13.4. The van der Waals surface area contributed by atoms with Gasteiger partial charge in [0, 0.05) is 29.5 Å². The molecule has 2 aromatic heterocycles. The Balaban J connectivity index is 1.48. The Bertz CT molecular complexity index is 1620. The molecule has 1 aliphatic rings. The third kappa shape index (κ3) is 4.52. The van der Waals surface area contributed by atoms with E-state index in [1.54, 1.807) is 0 Å². The van der Waals surface area contributed by atoms with Crippen molar-refractivity contribution in [1.82, 2.24) is 14.7 Å². The zero-order chi connectivity index (χ0) is 26.2. The van der Waals surface area contributed by atoms with Crippen LogP contribution in [0.2, 0.25) is 0 Å². The minimum absolute atomic E-state index is 0.0928. The van der Waals surface area contributed by atoms with Crippen LogP contribution >= 0.6 is 0 Å². The fraction of sp³-hybridized carbons (Fsp3) is 0.250. The molecule has 1 amide bonds. The fourth-order valence-corrected chi connectivity index (χ4v) is 5.56. The number of carbonyl (C=O) groups is 1. The number of fused-ring (bicyclic) bond motifs is 2. The number of rotatable bonds is 5. The van der Waals surface area contributed by atoms with E-state index in [0.717, 1.165) is 65.0 Å². The van der Waals surface area contributed by atoms with E-state index in [2.05, 4.69) is 73.0 Å². The molecule has 0 spiro atoms. The summed E-state index contributed by atoms with van der Waals surface area (Å²) in [6, 6.07) is 25.1. The minimum atomic E-state index is -0.0928. The lowest BCUT2D eigenvalue weighted by Gasteiger charge is -2.26. The second-order valence-corrected chi connectivity index (χ2v) is 10.5. The highest BCUT2D eigenvalue weighted by atomic mass is 16.1. The Morgan fingerprint density at radius 3 is 2.39 bits per heavy atom. The molecule has 1 aliphatic carbocycles. The second kappa shape index (κ2) is 9.95. The highest BCUT2D eigenvalue weighted by Crippen LogP contribution is 2.35. The predicted molar refractivity (Wildman–Crippen MR) is 155 cm³/mol. The van der Waals surface area contributed by atoms with E-state index in [4.69, 9.17) is 10.7 Å². The van der Waals surface area contributed by atoms with Gasteiger partial charge in [0.25, 0.3) is 5.91 Å². The van der Waals surface area contributed by atoms with Crippen LogP contribution in [0.1, 0.15) is 47.2 Å². The summed E-state index contributed by atoms with van der Waals surface area (Å²) in [5.41, 5.74) is 12.4. The smallest absolute Gasteiger partial charge is 0.255 e. The van der Waals surface area contributed by atoms with Crippen LogP contribution in [0.25, 0.3) is 27.7 Å². The Morgan fingerprint density at radius 2 is 1.63 bits per heavy atom. The van der Waals surface area contributed by atoms with Crippen LogP contribution in [-0.2, 0) is 0 Å². The number of nitrogens with one attached hydrogen (secondary N) is 2. The van der Waals surface area contributed by atoms with Crippen LogP contribution in [-0.4, -0.2) is 27.4 Å². The van der Waals surface area contributed by atoms with Gasteiger partial charge in [0.05, 0.1) is 5.56 Å². The lowest BCUT2D eigenvalue weighted by atomic mass is 9.91. The maximum Gasteiger partial charge on any atom is 0.255 e. The Hall–Kier alpha value is -4.16. The zero-order valence-electron chi connectivity index (χ0n) is 21.9. The number of aromatic nitrogens is 2. The molecular weight excluding hydrogens is 470 g/mol. The lowest BCUT2D eigenvalue weighted by molar-refractivity contribution is 0.0927. The van der Waals surface area contributed by atoms with E-state index in [1.165, 1.54) is 5.39 Å². The molecule has 1 fully saturated rings. The molecule has 38 heavy (non-hydrogen) atoms. The van der Waals surface area contributed by atoms with E-state index in [0.29, 0.717) is 11.2 Å². The van der Waals surface area contributed by atoms with Crippen molar-refractivity contribution in [1.29, 1.82) is 0 Å². The van der Waals surface area contributed by atoms with Crippen molar-refractivity contribution >= 4 is 33.8 Å². The molecule has 2 heterocycles. The quantitative estimate of drug-likeness (QED) is 0.255. The molecule has 6 heteroatoms. The van der Waals surface area contributed by atoms with Gasteiger partial charge in [-0.15, -0.1) is 0 Å². The number of aryl methyl sites for hydroxylation is 2. The Morgan fingerprint density at radius 1 is 0.895 bits per heavy atom. The third-order valence-electron chi connectivity index (χ3n) is 7.75. The number of nitrogens with zero attached hydrogens (tertiary/aromatic N) is 2. The second-order valence-electron chi connectivity index (χ2n) is 10.5. The minimum Gasteiger partial charge on any atom is -0.349 e. The number of pyridine rings is 1. The van der Waals surface area contributed by atoms with Gasteiger partial charge >= 0.3 is 0 Å². The summed E-state index contributed by atoms with van der Waals surface area (Å²) in [5, 5.41) is 9.25. The molecule has 192 valence electrons. The first-order valence-electron chi connectivity index (χ1n) is 13.4. The van der Waals surface area contributed by atoms with E-state index >= 15 is 0 Å². The van der Waals surface area contributed by atoms with Gasteiger partial charge in [-0.1, -0.05) is 54.6 Å². The van der Waals surface area contributed by atoms with Gasteiger partial charge in [-0.25, -0.2) is 4.98 Å². The van der Waals surface area contributed by atoms with Crippen molar-refractivity contribution in [3.05, 3.63) is 95.7 Å². The summed E-state index contributed by atoms with van der Waals surface area (Å²) in [7, 11) is 0. The summed E-state index contributed by atoms with van der Waals surface area (Å²) >= 11 is 0. The Kier molecular flexibility index (Phi) is 6.34. The van der Waals surface area contributed by atoms with Gasteiger partial charge in [0.1, 0.15) is 11.5 Å². The Labute approximate surface area is 222 Å². The van der Waals surface area contributed by atoms with Crippen LogP contribution in [0, 0.1) is 13.8 Å². The topological polar surface area (TPSA) is 84.5 Å². The number of anilines is 2. The van der Waals surface area contributed by atoms with E-state index < -0.39 is 0 Å². The molecule has 0 bridgehead atoms. The van der Waals surface area contributed by atoms with Crippen molar-refractivity contribution in [3.63, 3.8) is 0 Å². The van der Waals surface area contributed by atoms with Gasteiger partial charge < -0.3 is 16.4 Å². The third-order valence-corrected chi connectivity index (χ3v) is 7.75. The van der Waals surface area contributed by atoms with Gasteiger partial charge in [0.2, 0.25) is 0 Å². The summed E-state index contributed by atoms with van der Waals surface area (Å²) in [4.78, 5) is 18.6. The first-order chi connectivity index (χ1) is 18.5. The van der Waals surface area contributed by atoms with E-state index in [-0.39, 0.29) is 18.0 Å². The molecule has 5 aromatic rings. The van der Waals surface area contributed by atoms with Crippen LogP contribution < -0.4 is 16.4 Å². The average Bonchev–Trinajstić information content (AvgIpc) is 3.30. The molecule has 0 unspecified atom stereocenters. The van der Waals surface area contributed by atoms with E-state index in [1.807, 2.05) is 34.9 Å². The molecule has 3 aromatic carbocycles. The van der Waals surface area contributed by atoms with Crippen molar-refractivity contribution in [2.24, 2.45) is 5.73 Å². The SMILES string of the molecule is Cc1cccc(C)c1Nc1c(-c2ccc3ccccc3c2)nc2c(C(=O)NC3CCC(N)CC3)cccn12. The number of para-hydroxylation sites is 1. The number of amides is 1. The molecule has 4 N–H and O–H groups in total. The summed E-state index contributed by atoms with van der Waals surface area (Å²) in [6.07, 6.45) is 5.67. The predicted octanol–water partition coefficient (Wildman–Crippen LogP) is 6.51. The number of benzene rings is 3. The van der Waals surface area contributed by atoms with Crippen molar-refractivity contribution < 1.29 is 4.79 Å². The average molecular weight is 504 g/mol. The van der Waals surface area contributed by atoms with Crippen LogP contribution in [0.3, 0.4) is 0 Å². The number of hydrogen-bond acceptors (Lipinski definition) is 4. The number of nitrogens with two attached hydrogens (primary N) is 1. The normalized spacial score (nSPS) is 17.6. The van der Waals surface area contributed by atoms with Crippen LogP contribution in [0.5, 0.6) is 0 Å². The molecular formula is C32H33N5O. The largest absolute Gasteiger partial charge is 0.349 e. The maximum atomic E-state index is 13.5. The lowest BCUT2D eigenvalue weighted by Crippen LogP contribution is -2.40. The van der Waals surface area contributed by atoms with Crippen molar-refractivity contribution in [2.45, 2.75) is 51.6 Å². The van der Waals surface area contributed by atoms with Gasteiger partial charge in [-0.2, -0.15) is 0 Å².